The van der Waals surface area contributed by atoms with Crippen LogP contribution in [0.3, 0.4) is 0 Å². The van der Waals surface area contributed by atoms with Gasteiger partial charge in [0.2, 0.25) is 0 Å². The molecule has 0 heterocycles. The van der Waals surface area contributed by atoms with E-state index in [1.165, 1.54) is 70.6 Å². The lowest BCUT2D eigenvalue weighted by Crippen LogP contribution is -2.30. The number of hydrogen-bond acceptors (Lipinski definition) is 6. The number of hydrogen-bond donors (Lipinski definition) is 0. The number of allylic oxidation sites excluding steroid dienone is 14. The standard InChI is InChI=1S/C52H86O6/c1-4-7-10-13-16-19-21-23-25-27-28-30-33-36-39-42-45-51(54)57-48-49(47-56-50(53)44-41-38-35-32-18-15-12-9-6-3)58-52(55)46-43-40-37-34-31-29-26-24-22-20-17-14-11-8-5-2/h8,11,14,17,20,22,24-28,30,32,35,49H,4-7,9-10,12-13,15-16,18-19,21,23,29,31,33-34,36-48H2,1-3H3/b11-8-,17-14-,22-20-,26-24-,27-25-,30-28-,35-32-. The van der Waals surface area contributed by atoms with E-state index < -0.39 is 6.10 Å². The van der Waals surface area contributed by atoms with Crippen molar-refractivity contribution < 1.29 is 28.6 Å². The Morgan fingerprint density at radius 3 is 1.22 bits per heavy atom. The van der Waals surface area contributed by atoms with Crippen LogP contribution in [0, 0.1) is 0 Å². The van der Waals surface area contributed by atoms with Crippen LogP contribution in [0.2, 0.25) is 0 Å². The maximum Gasteiger partial charge on any atom is 0.306 e. The van der Waals surface area contributed by atoms with Gasteiger partial charge in [0.1, 0.15) is 13.2 Å². The first kappa shape index (κ1) is 54.6. The van der Waals surface area contributed by atoms with Crippen molar-refractivity contribution in [1.82, 2.24) is 0 Å². The lowest BCUT2D eigenvalue weighted by atomic mass is 10.1. The third-order valence-corrected chi connectivity index (χ3v) is 9.73. The lowest BCUT2D eigenvalue weighted by Gasteiger charge is -2.18. The zero-order chi connectivity index (χ0) is 42.3. The van der Waals surface area contributed by atoms with Gasteiger partial charge in [0.15, 0.2) is 6.10 Å². The second-order valence-corrected chi connectivity index (χ2v) is 15.4. The highest BCUT2D eigenvalue weighted by molar-refractivity contribution is 5.71. The first-order chi connectivity index (χ1) is 28.5. The molecule has 0 saturated carbocycles. The van der Waals surface area contributed by atoms with Gasteiger partial charge in [-0.1, -0.05) is 189 Å². The van der Waals surface area contributed by atoms with Gasteiger partial charge in [-0.15, -0.1) is 0 Å². The van der Waals surface area contributed by atoms with Gasteiger partial charge < -0.3 is 14.2 Å². The van der Waals surface area contributed by atoms with E-state index >= 15 is 0 Å². The summed E-state index contributed by atoms with van der Waals surface area (Å²) < 4.78 is 16.6. The molecular formula is C52H86O6. The molecule has 6 nitrogen and oxygen atoms in total. The van der Waals surface area contributed by atoms with Gasteiger partial charge in [0.05, 0.1) is 0 Å². The molecule has 1 atom stereocenters. The molecule has 0 fully saturated rings. The molecule has 0 saturated heterocycles. The quantitative estimate of drug-likeness (QED) is 0.0201. The highest BCUT2D eigenvalue weighted by atomic mass is 16.6. The Bertz CT molecular complexity index is 1160. The second kappa shape index (κ2) is 46.3. The predicted molar refractivity (Wildman–Crippen MR) is 247 cm³/mol. The molecule has 0 spiro atoms. The van der Waals surface area contributed by atoms with Crippen LogP contribution in [0.5, 0.6) is 0 Å². The van der Waals surface area contributed by atoms with E-state index in [9.17, 15) is 14.4 Å². The Hall–Kier alpha value is -3.41. The molecule has 0 aromatic carbocycles. The molecular weight excluding hydrogens is 721 g/mol. The number of ether oxygens (including phenoxy) is 3. The molecule has 0 aliphatic carbocycles. The molecule has 0 aliphatic heterocycles. The van der Waals surface area contributed by atoms with Crippen LogP contribution in [-0.2, 0) is 28.6 Å². The number of unbranched alkanes of at least 4 members (excludes halogenated alkanes) is 20. The van der Waals surface area contributed by atoms with Gasteiger partial charge in [-0.3, -0.25) is 14.4 Å². The van der Waals surface area contributed by atoms with Crippen LogP contribution in [0.4, 0.5) is 0 Å². The molecule has 0 aromatic heterocycles. The fraction of sp³-hybridized carbons (Fsp3) is 0.673. The van der Waals surface area contributed by atoms with Gasteiger partial charge in [-0.05, 0) is 83.5 Å². The summed E-state index contributed by atoms with van der Waals surface area (Å²) in [6.07, 6.45) is 58.6. The van der Waals surface area contributed by atoms with Crippen molar-refractivity contribution in [2.24, 2.45) is 0 Å². The summed E-state index contributed by atoms with van der Waals surface area (Å²) in [5.74, 6) is -1.000. The predicted octanol–water partition coefficient (Wildman–Crippen LogP) is 15.3. The maximum absolute atomic E-state index is 12.7. The summed E-state index contributed by atoms with van der Waals surface area (Å²) >= 11 is 0. The van der Waals surface area contributed by atoms with Crippen LogP contribution >= 0.6 is 0 Å². The Kier molecular flexibility index (Phi) is 43.6. The molecule has 0 aromatic rings. The maximum atomic E-state index is 12.7. The van der Waals surface area contributed by atoms with Crippen molar-refractivity contribution in [2.45, 2.75) is 213 Å². The molecule has 6 heteroatoms. The number of esters is 3. The van der Waals surface area contributed by atoms with Gasteiger partial charge in [0.25, 0.3) is 0 Å². The van der Waals surface area contributed by atoms with E-state index in [1.54, 1.807) is 0 Å². The second-order valence-electron chi connectivity index (χ2n) is 15.4. The van der Waals surface area contributed by atoms with E-state index in [0.29, 0.717) is 19.3 Å². The molecule has 58 heavy (non-hydrogen) atoms. The van der Waals surface area contributed by atoms with E-state index in [0.717, 1.165) is 89.9 Å². The summed E-state index contributed by atoms with van der Waals surface area (Å²) in [4.78, 5) is 37.7. The number of carbonyl (C=O) groups is 3. The molecule has 0 N–H and O–H groups in total. The average Bonchev–Trinajstić information content (AvgIpc) is 3.22. The van der Waals surface area contributed by atoms with Crippen molar-refractivity contribution in [3.05, 3.63) is 85.1 Å². The van der Waals surface area contributed by atoms with Crippen LogP contribution in [-0.4, -0.2) is 37.2 Å². The monoisotopic (exact) mass is 807 g/mol. The number of carbonyl (C=O) groups excluding carboxylic acids is 3. The van der Waals surface area contributed by atoms with Crippen molar-refractivity contribution in [3.63, 3.8) is 0 Å². The number of rotatable bonds is 41. The molecule has 0 aliphatic rings. The van der Waals surface area contributed by atoms with E-state index in [1.807, 2.05) is 24.3 Å². The summed E-state index contributed by atoms with van der Waals surface area (Å²) in [6.45, 7) is 6.37. The van der Waals surface area contributed by atoms with E-state index in [4.69, 9.17) is 14.2 Å². The summed E-state index contributed by atoms with van der Waals surface area (Å²) in [6, 6.07) is 0. The Labute approximate surface area is 356 Å². The van der Waals surface area contributed by atoms with Crippen LogP contribution in [0.25, 0.3) is 0 Å². The molecule has 330 valence electrons. The molecule has 1 unspecified atom stereocenters. The van der Waals surface area contributed by atoms with Gasteiger partial charge in [-0.2, -0.15) is 0 Å². The molecule has 0 rings (SSSR count). The van der Waals surface area contributed by atoms with E-state index in [-0.39, 0.29) is 37.5 Å². The average molecular weight is 807 g/mol. The Morgan fingerprint density at radius 1 is 0.362 bits per heavy atom. The minimum absolute atomic E-state index is 0.110. The smallest absolute Gasteiger partial charge is 0.306 e. The van der Waals surface area contributed by atoms with Gasteiger partial charge in [0, 0.05) is 19.3 Å². The highest BCUT2D eigenvalue weighted by Gasteiger charge is 2.19. The largest absolute Gasteiger partial charge is 0.462 e. The van der Waals surface area contributed by atoms with Crippen LogP contribution in [0.15, 0.2) is 85.1 Å². The Balaban J connectivity index is 4.47. The molecule has 0 radical (unpaired) electrons. The minimum Gasteiger partial charge on any atom is -0.462 e. The highest BCUT2D eigenvalue weighted by Crippen LogP contribution is 2.12. The molecule has 0 bridgehead atoms. The molecule has 0 amide bonds. The van der Waals surface area contributed by atoms with Gasteiger partial charge in [-0.25, -0.2) is 0 Å². The normalized spacial score (nSPS) is 12.8. The van der Waals surface area contributed by atoms with Crippen molar-refractivity contribution >= 4 is 17.9 Å². The summed E-state index contributed by atoms with van der Waals surface area (Å²) in [5.41, 5.74) is 0. The lowest BCUT2D eigenvalue weighted by molar-refractivity contribution is -0.167. The zero-order valence-corrected chi connectivity index (χ0v) is 37.5. The first-order valence-corrected chi connectivity index (χ1v) is 23.7. The summed E-state index contributed by atoms with van der Waals surface area (Å²) in [7, 11) is 0. The van der Waals surface area contributed by atoms with Crippen molar-refractivity contribution in [1.29, 1.82) is 0 Å². The Morgan fingerprint density at radius 2 is 0.707 bits per heavy atom. The zero-order valence-electron chi connectivity index (χ0n) is 37.5. The SMILES string of the molecule is CC\C=C/C=C\C=C/C=C\CCCCCCCC(=O)OC(COC(=O)CCC/C=C\CCCCCC)COC(=O)CCCCC/C=C\C=C/CCCCCCCCC. The third kappa shape index (κ3) is 43.7. The van der Waals surface area contributed by atoms with Crippen molar-refractivity contribution in [2.75, 3.05) is 13.2 Å². The first-order valence-electron chi connectivity index (χ1n) is 23.7. The third-order valence-electron chi connectivity index (χ3n) is 9.73. The minimum atomic E-state index is -0.809. The van der Waals surface area contributed by atoms with Crippen molar-refractivity contribution in [3.8, 4) is 0 Å². The van der Waals surface area contributed by atoms with Gasteiger partial charge >= 0.3 is 17.9 Å². The van der Waals surface area contributed by atoms with E-state index in [2.05, 4.69) is 81.5 Å². The van der Waals surface area contributed by atoms with Crippen LogP contribution < -0.4 is 0 Å². The fourth-order valence-electron chi connectivity index (χ4n) is 6.15. The van der Waals surface area contributed by atoms with Crippen LogP contribution in [0.1, 0.15) is 207 Å². The fourth-order valence-corrected chi connectivity index (χ4v) is 6.15. The summed E-state index contributed by atoms with van der Waals surface area (Å²) in [5, 5.41) is 0. The topological polar surface area (TPSA) is 78.9 Å².